The van der Waals surface area contributed by atoms with Crippen LogP contribution in [0.1, 0.15) is 13.8 Å². The van der Waals surface area contributed by atoms with Gasteiger partial charge in [0, 0.05) is 18.5 Å². The minimum atomic E-state index is -1.25. The number of aryl methyl sites for hydroxylation is 1. The lowest BCUT2D eigenvalue weighted by Gasteiger charge is -2.24. The van der Waals surface area contributed by atoms with E-state index in [0.29, 0.717) is 5.75 Å². The number of hydrogen-bond acceptors (Lipinski definition) is 4. The first-order valence-electron chi connectivity index (χ1n) is 6.42. The van der Waals surface area contributed by atoms with E-state index in [4.69, 9.17) is 4.74 Å². The summed E-state index contributed by atoms with van der Waals surface area (Å²) in [6.45, 7) is 2.92. The van der Waals surface area contributed by atoms with Crippen LogP contribution < -0.4 is 10.3 Å². The van der Waals surface area contributed by atoms with Gasteiger partial charge in [-0.15, -0.1) is 0 Å². The molecule has 2 aromatic rings. The average Bonchev–Trinajstić information content (AvgIpc) is 2.40. The second-order valence-electron chi connectivity index (χ2n) is 5.40. The van der Waals surface area contributed by atoms with E-state index in [0.717, 1.165) is 10.9 Å². The number of ether oxygens (including phenoxy) is 1. The molecular weight excluding hydrogens is 258 g/mol. The molecule has 1 atom stereocenters. The zero-order valence-electron chi connectivity index (χ0n) is 11.8. The molecule has 1 aromatic carbocycles. The van der Waals surface area contributed by atoms with E-state index in [2.05, 4.69) is 0 Å². The Hall–Kier alpha value is -1.85. The number of hydrogen-bond donors (Lipinski definition) is 2. The van der Waals surface area contributed by atoms with Gasteiger partial charge >= 0.3 is 0 Å². The van der Waals surface area contributed by atoms with Crippen molar-refractivity contribution in [1.82, 2.24) is 4.57 Å². The molecule has 0 saturated heterocycles. The third-order valence-electron chi connectivity index (χ3n) is 3.33. The zero-order chi connectivity index (χ0) is 14.9. The lowest BCUT2D eigenvalue weighted by atomic mass is 10.0. The Morgan fingerprint density at radius 2 is 2.00 bits per heavy atom. The number of rotatable bonds is 4. The maximum absolute atomic E-state index is 11.9. The maximum Gasteiger partial charge on any atom is 0.254 e. The van der Waals surface area contributed by atoms with Gasteiger partial charge in [-0.25, -0.2) is 0 Å². The van der Waals surface area contributed by atoms with E-state index in [1.54, 1.807) is 7.05 Å². The topological polar surface area (TPSA) is 71.7 Å². The molecule has 5 nitrogen and oxygen atoms in total. The van der Waals surface area contributed by atoms with E-state index in [-0.39, 0.29) is 12.2 Å². The van der Waals surface area contributed by atoms with Crippen molar-refractivity contribution < 1.29 is 14.9 Å². The van der Waals surface area contributed by atoms with Crippen molar-refractivity contribution >= 4 is 10.9 Å². The lowest BCUT2D eigenvalue weighted by molar-refractivity contribution is -0.0659. The average molecular weight is 277 g/mol. The van der Waals surface area contributed by atoms with Crippen molar-refractivity contribution in [3.63, 3.8) is 0 Å². The lowest BCUT2D eigenvalue weighted by Crippen LogP contribution is -2.40. The van der Waals surface area contributed by atoms with Gasteiger partial charge in [-0.3, -0.25) is 4.79 Å². The fourth-order valence-electron chi connectivity index (χ4n) is 1.87. The van der Waals surface area contributed by atoms with Crippen LogP contribution in [0.15, 0.2) is 35.1 Å². The third-order valence-corrected chi connectivity index (χ3v) is 3.33. The van der Waals surface area contributed by atoms with Gasteiger partial charge in [0.05, 0.1) is 11.1 Å². The van der Waals surface area contributed by atoms with Gasteiger partial charge < -0.3 is 19.5 Å². The molecule has 0 radical (unpaired) electrons. The highest BCUT2D eigenvalue weighted by atomic mass is 16.5. The number of aliphatic hydroxyl groups is 2. The summed E-state index contributed by atoms with van der Waals surface area (Å²) in [7, 11) is 1.69. The van der Waals surface area contributed by atoms with Gasteiger partial charge in [0.1, 0.15) is 18.5 Å². The van der Waals surface area contributed by atoms with Crippen LogP contribution in [0.3, 0.4) is 0 Å². The first kappa shape index (κ1) is 14.6. The molecule has 2 N–H and O–H groups in total. The summed E-state index contributed by atoms with van der Waals surface area (Å²) in [5, 5.41) is 20.3. The van der Waals surface area contributed by atoms with Crippen LogP contribution in [-0.4, -0.2) is 33.1 Å². The van der Waals surface area contributed by atoms with Crippen molar-refractivity contribution in [2.24, 2.45) is 7.05 Å². The molecule has 0 spiro atoms. The summed E-state index contributed by atoms with van der Waals surface area (Å²) in [5.41, 5.74) is -0.681. The number of pyridine rings is 1. The van der Waals surface area contributed by atoms with Gasteiger partial charge in [-0.2, -0.15) is 0 Å². The molecule has 20 heavy (non-hydrogen) atoms. The highest BCUT2D eigenvalue weighted by Gasteiger charge is 2.25. The normalized spacial score (nSPS) is 13.4. The molecule has 1 aromatic heterocycles. The van der Waals surface area contributed by atoms with Crippen molar-refractivity contribution in [3.8, 4) is 5.75 Å². The molecule has 0 fully saturated rings. The fraction of sp³-hybridized carbons (Fsp3) is 0.400. The Morgan fingerprint density at radius 1 is 1.35 bits per heavy atom. The Labute approximate surface area is 117 Å². The van der Waals surface area contributed by atoms with Crippen molar-refractivity contribution in [3.05, 3.63) is 40.7 Å². The minimum Gasteiger partial charge on any atom is -0.490 e. The summed E-state index contributed by atoms with van der Waals surface area (Å²) < 4.78 is 7.06. The maximum atomic E-state index is 11.9. The molecule has 1 heterocycles. The molecular formula is C15H19NO4. The quantitative estimate of drug-likeness (QED) is 0.876. The predicted octanol–water partition coefficient (Wildman–Crippen LogP) is 1.05. The first-order valence-corrected chi connectivity index (χ1v) is 6.42. The Morgan fingerprint density at radius 3 is 2.65 bits per heavy atom. The van der Waals surface area contributed by atoms with Gasteiger partial charge in [-0.05, 0) is 26.0 Å². The van der Waals surface area contributed by atoms with Crippen molar-refractivity contribution in [2.45, 2.75) is 25.6 Å². The first-order chi connectivity index (χ1) is 9.30. The molecule has 0 aliphatic rings. The summed E-state index contributed by atoms with van der Waals surface area (Å²) in [6, 6.07) is 8.76. The van der Waals surface area contributed by atoms with Gasteiger partial charge in [0.2, 0.25) is 0 Å². The monoisotopic (exact) mass is 277 g/mol. The number of benzene rings is 1. The summed E-state index contributed by atoms with van der Waals surface area (Å²) in [4.78, 5) is 11.9. The van der Waals surface area contributed by atoms with E-state index < -0.39 is 11.7 Å². The van der Waals surface area contributed by atoms with Crippen LogP contribution in [0.5, 0.6) is 5.75 Å². The van der Waals surface area contributed by atoms with Gasteiger partial charge in [0.25, 0.3) is 5.56 Å². The molecule has 2 rings (SSSR count). The van der Waals surface area contributed by atoms with E-state index in [9.17, 15) is 15.0 Å². The molecule has 0 amide bonds. The standard InChI is InChI=1S/C15H19NO4/c1-15(2,19)13(17)9-20-12-8-14(18)16(3)11-7-5-4-6-10(11)12/h4-8,13,17,19H,9H2,1-3H3/t13-/m0/s1. The van der Waals surface area contributed by atoms with Crippen LogP contribution in [-0.2, 0) is 7.05 Å². The third kappa shape index (κ3) is 2.84. The molecule has 0 aliphatic carbocycles. The van der Waals surface area contributed by atoms with Crippen LogP contribution in [0.4, 0.5) is 0 Å². The van der Waals surface area contributed by atoms with Crippen LogP contribution in [0, 0.1) is 0 Å². The predicted molar refractivity (Wildman–Crippen MR) is 77.0 cm³/mol. The molecule has 5 heteroatoms. The second kappa shape index (κ2) is 5.26. The zero-order valence-corrected chi connectivity index (χ0v) is 11.8. The SMILES string of the molecule is Cn1c(=O)cc(OC[C@H](O)C(C)(C)O)c2ccccc21. The van der Waals surface area contributed by atoms with E-state index in [1.807, 2.05) is 24.3 Å². The van der Waals surface area contributed by atoms with Crippen molar-refractivity contribution in [2.75, 3.05) is 6.61 Å². The number of para-hydroxylation sites is 1. The number of aromatic nitrogens is 1. The van der Waals surface area contributed by atoms with E-state index >= 15 is 0 Å². The number of fused-ring (bicyclic) bond motifs is 1. The summed E-state index contributed by atoms with van der Waals surface area (Å²) in [6.07, 6.45) is -1.04. The Balaban J connectivity index is 2.36. The number of nitrogens with zero attached hydrogens (tertiary/aromatic N) is 1. The largest absolute Gasteiger partial charge is 0.490 e. The van der Waals surface area contributed by atoms with Crippen molar-refractivity contribution in [1.29, 1.82) is 0 Å². The van der Waals surface area contributed by atoms with Crippen LogP contribution >= 0.6 is 0 Å². The molecule has 0 saturated carbocycles. The highest BCUT2D eigenvalue weighted by molar-refractivity contribution is 5.85. The summed E-state index contributed by atoms with van der Waals surface area (Å²) >= 11 is 0. The molecule has 0 bridgehead atoms. The highest BCUT2D eigenvalue weighted by Crippen LogP contribution is 2.23. The molecule has 0 unspecified atom stereocenters. The molecule has 108 valence electrons. The number of aliphatic hydroxyl groups excluding tert-OH is 1. The van der Waals surface area contributed by atoms with Gasteiger partial charge in [-0.1, -0.05) is 12.1 Å². The Bertz CT molecular complexity index is 670. The van der Waals surface area contributed by atoms with Crippen LogP contribution in [0.25, 0.3) is 10.9 Å². The van der Waals surface area contributed by atoms with Gasteiger partial charge in [0.15, 0.2) is 0 Å². The minimum absolute atomic E-state index is 0.0827. The van der Waals surface area contributed by atoms with Crippen LogP contribution in [0.2, 0.25) is 0 Å². The molecule has 0 aliphatic heterocycles. The second-order valence-corrected chi connectivity index (χ2v) is 5.40. The smallest absolute Gasteiger partial charge is 0.254 e. The summed E-state index contributed by atoms with van der Waals surface area (Å²) in [5.74, 6) is 0.409. The fourth-order valence-corrected chi connectivity index (χ4v) is 1.87. The Kier molecular flexibility index (Phi) is 3.83. The van der Waals surface area contributed by atoms with E-state index in [1.165, 1.54) is 24.5 Å².